The summed E-state index contributed by atoms with van der Waals surface area (Å²) in [6, 6.07) is 6.18. The van der Waals surface area contributed by atoms with Crippen molar-refractivity contribution >= 4 is 33.9 Å². The van der Waals surface area contributed by atoms with Gasteiger partial charge in [-0.1, -0.05) is 50.4 Å². The molecule has 0 amide bonds. The molecule has 0 saturated heterocycles. The molecule has 2 aromatic rings. The Morgan fingerprint density at radius 2 is 1.96 bits per heavy atom. The van der Waals surface area contributed by atoms with Crippen molar-refractivity contribution < 1.29 is 14.1 Å². The van der Waals surface area contributed by atoms with E-state index in [0.717, 1.165) is 37.0 Å². The number of nitrogens with zero attached hydrogens (tertiary/aromatic N) is 2. The summed E-state index contributed by atoms with van der Waals surface area (Å²) in [5.74, 6) is 0.969. The summed E-state index contributed by atoms with van der Waals surface area (Å²) in [7, 11) is 0. The predicted octanol–water partition coefficient (Wildman–Crippen LogP) is 5.27. The lowest BCUT2D eigenvalue weighted by atomic mass is 9.82. The molecule has 1 aliphatic carbocycles. The molecule has 0 unspecified atom stereocenters. The zero-order valence-corrected chi connectivity index (χ0v) is 18.8. The van der Waals surface area contributed by atoms with Crippen LogP contribution >= 0.6 is 17.0 Å². The average molecular weight is 453 g/mol. The second-order valence-corrected chi connectivity index (χ2v) is 7.46. The van der Waals surface area contributed by atoms with Crippen molar-refractivity contribution in [3.05, 3.63) is 29.5 Å². The number of carbonyl (C=O) groups is 1. The summed E-state index contributed by atoms with van der Waals surface area (Å²) < 4.78 is 11.0. The van der Waals surface area contributed by atoms with E-state index in [0.29, 0.717) is 18.3 Å². The molecular formula is C22H33BrN2O3. The average Bonchev–Trinajstić information content (AvgIpc) is 3.12. The Morgan fingerprint density at radius 1 is 1.21 bits per heavy atom. The second kappa shape index (κ2) is 11.6. The molecule has 5 nitrogen and oxygen atoms in total. The van der Waals surface area contributed by atoms with E-state index in [-0.39, 0.29) is 29.4 Å². The molecule has 1 aromatic carbocycles. The Hall–Kier alpha value is -1.40. The Morgan fingerprint density at radius 3 is 2.68 bits per heavy atom. The first-order valence-electron chi connectivity index (χ1n) is 10.5. The Balaban J connectivity index is 0.00000280. The molecule has 0 N–H and O–H groups in total. The smallest absolute Gasteiger partial charge is 0.313 e. The molecule has 28 heavy (non-hydrogen) atoms. The Labute approximate surface area is 178 Å². The number of hydrogen-bond donors (Lipinski definition) is 0. The molecule has 0 bridgehead atoms. The van der Waals surface area contributed by atoms with Gasteiger partial charge in [-0.15, -0.1) is 17.0 Å². The highest BCUT2D eigenvalue weighted by molar-refractivity contribution is 8.93. The monoisotopic (exact) mass is 452 g/mol. The van der Waals surface area contributed by atoms with Crippen LogP contribution in [0.5, 0.6) is 0 Å². The molecular weight excluding hydrogens is 420 g/mol. The fraction of sp³-hybridized carbons (Fsp3) is 0.636. The first kappa shape index (κ1) is 22.9. The SMILES string of the molecule is Br.CCN(CC)CCCOC(=O)Cc1onc2cccc(C3CCCCC3)c12. The van der Waals surface area contributed by atoms with E-state index in [4.69, 9.17) is 9.26 Å². The molecule has 1 fully saturated rings. The number of ether oxygens (including phenoxy) is 1. The van der Waals surface area contributed by atoms with E-state index >= 15 is 0 Å². The first-order valence-corrected chi connectivity index (χ1v) is 10.5. The number of hydrogen-bond acceptors (Lipinski definition) is 5. The molecule has 0 radical (unpaired) electrons. The summed E-state index contributed by atoms with van der Waals surface area (Å²) in [5, 5.41) is 5.21. The molecule has 156 valence electrons. The third-order valence-electron chi connectivity index (χ3n) is 5.73. The third-order valence-corrected chi connectivity index (χ3v) is 5.73. The number of halogens is 1. The Bertz CT molecular complexity index is 736. The quantitative estimate of drug-likeness (QED) is 0.383. The van der Waals surface area contributed by atoms with Gasteiger partial charge in [0.15, 0.2) is 5.76 Å². The molecule has 1 heterocycles. The molecule has 0 atom stereocenters. The minimum Gasteiger partial charge on any atom is -0.465 e. The second-order valence-electron chi connectivity index (χ2n) is 7.46. The van der Waals surface area contributed by atoms with E-state index in [1.165, 1.54) is 37.7 Å². The summed E-state index contributed by atoms with van der Waals surface area (Å²) >= 11 is 0. The maximum absolute atomic E-state index is 12.3. The minimum atomic E-state index is -0.231. The lowest BCUT2D eigenvalue weighted by molar-refractivity contribution is -0.143. The van der Waals surface area contributed by atoms with E-state index < -0.39 is 0 Å². The fourth-order valence-electron chi connectivity index (χ4n) is 4.16. The lowest BCUT2D eigenvalue weighted by Crippen LogP contribution is -2.25. The maximum Gasteiger partial charge on any atom is 0.313 e. The van der Waals surface area contributed by atoms with Crippen LogP contribution in [0.15, 0.2) is 22.7 Å². The minimum absolute atomic E-state index is 0. The summed E-state index contributed by atoms with van der Waals surface area (Å²) in [6.45, 7) is 7.76. The van der Waals surface area contributed by atoms with E-state index in [1.54, 1.807) is 0 Å². The van der Waals surface area contributed by atoms with Crippen molar-refractivity contribution in [1.82, 2.24) is 10.1 Å². The highest BCUT2D eigenvalue weighted by Crippen LogP contribution is 2.37. The molecule has 1 aromatic heterocycles. The van der Waals surface area contributed by atoms with Crippen LogP contribution in [0.2, 0.25) is 0 Å². The van der Waals surface area contributed by atoms with Gasteiger partial charge in [0, 0.05) is 11.9 Å². The molecule has 0 spiro atoms. The van der Waals surface area contributed by atoms with Crippen LogP contribution in [0, 0.1) is 0 Å². The van der Waals surface area contributed by atoms with Crippen molar-refractivity contribution in [2.45, 2.75) is 64.7 Å². The van der Waals surface area contributed by atoms with Crippen LogP contribution in [0.25, 0.3) is 10.9 Å². The van der Waals surface area contributed by atoms with Gasteiger partial charge in [-0.2, -0.15) is 0 Å². The highest BCUT2D eigenvalue weighted by atomic mass is 79.9. The third kappa shape index (κ3) is 5.80. The Kier molecular flexibility index (Phi) is 9.45. The van der Waals surface area contributed by atoms with Gasteiger partial charge in [-0.05, 0) is 49.9 Å². The number of carbonyl (C=O) groups excluding carboxylic acids is 1. The van der Waals surface area contributed by atoms with Crippen LogP contribution < -0.4 is 0 Å². The largest absolute Gasteiger partial charge is 0.465 e. The number of aromatic nitrogens is 1. The van der Waals surface area contributed by atoms with Gasteiger partial charge in [-0.3, -0.25) is 4.79 Å². The summed E-state index contributed by atoms with van der Waals surface area (Å²) in [4.78, 5) is 14.6. The van der Waals surface area contributed by atoms with Crippen LogP contribution in [0.1, 0.15) is 69.6 Å². The topological polar surface area (TPSA) is 55.6 Å². The van der Waals surface area contributed by atoms with Gasteiger partial charge in [0.25, 0.3) is 0 Å². The van der Waals surface area contributed by atoms with Crippen molar-refractivity contribution in [3.8, 4) is 0 Å². The van der Waals surface area contributed by atoms with E-state index in [2.05, 4.69) is 30.0 Å². The van der Waals surface area contributed by atoms with Crippen molar-refractivity contribution in [3.63, 3.8) is 0 Å². The molecule has 1 aliphatic rings. The summed E-state index contributed by atoms with van der Waals surface area (Å²) in [6.07, 6.45) is 7.30. The first-order chi connectivity index (χ1) is 13.2. The van der Waals surface area contributed by atoms with Gasteiger partial charge >= 0.3 is 5.97 Å². The van der Waals surface area contributed by atoms with Gasteiger partial charge in [0.1, 0.15) is 11.9 Å². The molecule has 3 rings (SSSR count). The van der Waals surface area contributed by atoms with Crippen LogP contribution in [0.3, 0.4) is 0 Å². The highest BCUT2D eigenvalue weighted by Gasteiger charge is 2.22. The molecule has 6 heteroatoms. The number of fused-ring (bicyclic) bond motifs is 1. The molecule has 1 saturated carbocycles. The van der Waals surface area contributed by atoms with Crippen LogP contribution in [-0.4, -0.2) is 42.3 Å². The van der Waals surface area contributed by atoms with E-state index in [1.807, 2.05) is 12.1 Å². The normalized spacial score (nSPS) is 15.0. The standard InChI is InChI=1S/C22H32N2O3.BrH/c1-3-24(4-2)14-9-15-26-21(25)16-20-22-18(17-10-6-5-7-11-17)12-8-13-19(22)23-27-20;/h8,12-13,17H,3-7,9-11,14-16H2,1-2H3;1H. The van der Waals surface area contributed by atoms with Gasteiger partial charge < -0.3 is 14.2 Å². The maximum atomic E-state index is 12.3. The van der Waals surface area contributed by atoms with Crippen molar-refractivity contribution in [2.24, 2.45) is 0 Å². The van der Waals surface area contributed by atoms with E-state index in [9.17, 15) is 4.79 Å². The lowest BCUT2D eigenvalue weighted by Gasteiger charge is -2.22. The number of rotatable bonds is 9. The van der Waals surface area contributed by atoms with Gasteiger partial charge in [0.2, 0.25) is 0 Å². The van der Waals surface area contributed by atoms with Gasteiger partial charge in [0.05, 0.1) is 6.61 Å². The summed E-state index contributed by atoms with van der Waals surface area (Å²) in [5.41, 5.74) is 2.14. The number of esters is 1. The van der Waals surface area contributed by atoms with Crippen molar-refractivity contribution in [2.75, 3.05) is 26.2 Å². The van der Waals surface area contributed by atoms with Crippen LogP contribution in [-0.2, 0) is 16.0 Å². The van der Waals surface area contributed by atoms with Crippen molar-refractivity contribution in [1.29, 1.82) is 0 Å². The number of benzene rings is 1. The van der Waals surface area contributed by atoms with Crippen LogP contribution in [0.4, 0.5) is 0 Å². The molecule has 0 aliphatic heterocycles. The predicted molar refractivity (Wildman–Crippen MR) is 117 cm³/mol. The zero-order chi connectivity index (χ0) is 19.1. The zero-order valence-electron chi connectivity index (χ0n) is 17.1. The van der Waals surface area contributed by atoms with Gasteiger partial charge in [-0.25, -0.2) is 0 Å². The fourth-order valence-corrected chi connectivity index (χ4v) is 4.16.